The Bertz CT molecular complexity index is 906. The van der Waals surface area contributed by atoms with Crippen molar-refractivity contribution < 1.29 is 24.3 Å². The Balaban J connectivity index is 3.08. The lowest BCUT2D eigenvalue weighted by Gasteiger charge is -2.25. The molecule has 1 aromatic heterocycles. The van der Waals surface area contributed by atoms with E-state index in [0.717, 1.165) is 0 Å². The molecule has 208 valence electrons. The molecular weight excluding hydrogens is 502 g/mol. The van der Waals surface area contributed by atoms with Gasteiger partial charge >= 0.3 is 5.97 Å². The Kier molecular flexibility index (Phi) is 14.1. The van der Waals surface area contributed by atoms with Gasteiger partial charge in [-0.25, -0.2) is 9.78 Å². The van der Waals surface area contributed by atoms with Crippen LogP contribution in [0.3, 0.4) is 0 Å². The number of guanidine groups is 1. The summed E-state index contributed by atoms with van der Waals surface area (Å²) in [5.74, 6) is -2.76. The van der Waals surface area contributed by atoms with Gasteiger partial charge in [0.1, 0.15) is 18.1 Å². The first-order valence-corrected chi connectivity index (χ1v) is 13.3. The average Bonchev–Trinajstić information content (AvgIpc) is 3.35. The highest BCUT2D eigenvalue weighted by molar-refractivity contribution is 7.98. The van der Waals surface area contributed by atoms with E-state index in [4.69, 9.17) is 17.2 Å². The minimum absolute atomic E-state index is 0.0205. The molecular formula is C22H39N9O5S. The second kappa shape index (κ2) is 16.4. The van der Waals surface area contributed by atoms with Crippen molar-refractivity contribution in [1.29, 1.82) is 0 Å². The maximum atomic E-state index is 13.3. The van der Waals surface area contributed by atoms with Crippen LogP contribution in [-0.2, 0) is 25.6 Å². The monoisotopic (exact) mass is 541 g/mol. The number of nitrogens with zero attached hydrogens (tertiary/aromatic N) is 2. The molecule has 0 aliphatic rings. The van der Waals surface area contributed by atoms with Gasteiger partial charge in [0.25, 0.3) is 0 Å². The van der Waals surface area contributed by atoms with Crippen LogP contribution in [0.5, 0.6) is 0 Å². The van der Waals surface area contributed by atoms with Crippen molar-refractivity contribution in [3.8, 4) is 0 Å². The molecule has 0 saturated heterocycles. The number of imidazole rings is 1. The van der Waals surface area contributed by atoms with Crippen LogP contribution in [0, 0.1) is 5.92 Å². The largest absolute Gasteiger partial charge is 0.480 e. The molecule has 0 aromatic carbocycles. The van der Waals surface area contributed by atoms with Crippen LogP contribution in [0.1, 0.15) is 38.8 Å². The molecule has 3 amide bonds. The molecule has 0 aliphatic heterocycles. The zero-order chi connectivity index (χ0) is 28.0. The predicted octanol–water partition coefficient (Wildman–Crippen LogP) is -1.72. The first kappa shape index (κ1) is 31.7. The maximum absolute atomic E-state index is 13.3. The Morgan fingerprint density at radius 2 is 1.68 bits per heavy atom. The number of rotatable bonds is 17. The molecule has 0 aliphatic carbocycles. The predicted molar refractivity (Wildman–Crippen MR) is 141 cm³/mol. The van der Waals surface area contributed by atoms with Crippen molar-refractivity contribution >= 4 is 41.4 Å². The van der Waals surface area contributed by atoms with Crippen molar-refractivity contribution in [3.05, 3.63) is 18.2 Å². The van der Waals surface area contributed by atoms with E-state index in [2.05, 4.69) is 30.9 Å². The van der Waals surface area contributed by atoms with Crippen LogP contribution in [-0.4, -0.2) is 87.4 Å². The molecule has 0 fully saturated rings. The van der Waals surface area contributed by atoms with Crippen molar-refractivity contribution in [2.24, 2.45) is 28.1 Å². The van der Waals surface area contributed by atoms with Crippen molar-refractivity contribution in [3.63, 3.8) is 0 Å². The van der Waals surface area contributed by atoms with Gasteiger partial charge < -0.3 is 43.2 Å². The van der Waals surface area contributed by atoms with Gasteiger partial charge in [0.2, 0.25) is 17.7 Å². The molecule has 15 heteroatoms. The summed E-state index contributed by atoms with van der Waals surface area (Å²) < 4.78 is 0. The third kappa shape index (κ3) is 12.0. The number of hydrogen-bond acceptors (Lipinski definition) is 8. The summed E-state index contributed by atoms with van der Waals surface area (Å²) in [6, 6.07) is -4.14. The Morgan fingerprint density at radius 3 is 2.22 bits per heavy atom. The standard InChI is InChI=1S/C22H39N9O5S/c1-12(2)17(23)20(34)29-14(5-4-7-27-22(24)25)18(32)31-16(9-13-10-26-11-28-13)19(33)30-15(21(35)36)6-8-37-3/h10-12,14-17H,4-9,23H2,1-3H3,(H,26,28)(H,29,34)(H,30,33)(H,31,32)(H,35,36)(H4,24,25,27). The number of nitrogens with two attached hydrogens (primary N) is 3. The fourth-order valence-corrected chi connectivity index (χ4v) is 3.68. The van der Waals surface area contributed by atoms with Gasteiger partial charge in [0.15, 0.2) is 5.96 Å². The van der Waals surface area contributed by atoms with Gasteiger partial charge in [0, 0.05) is 24.9 Å². The molecule has 1 rings (SSSR count). The molecule has 0 spiro atoms. The maximum Gasteiger partial charge on any atom is 0.326 e. The third-order valence-electron chi connectivity index (χ3n) is 5.44. The number of amides is 3. The number of hydrogen-bond donors (Lipinski definition) is 8. The Hall–Kier alpha value is -3.33. The highest BCUT2D eigenvalue weighted by atomic mass is 32.2. The quantitative estimate of drug-likeness (QED) is 0.0629. The molecule has 0 bridgehead atoms. The van der Waals surface area contributed by atoms with E-state index in [-0.39, 0.29) is 37.7 Å². The van der Waals surface area contributed by atoms with Crippen molar-refractivity contribution in [2.45, 2.75) is 63.7 Å². The third-order valence-corrected chi connectivity index (χ3v) is 6.08. The van der Waals surface area contributed by atoms with Gasteiger partial charge in [-0.15, -0.1) is 0 Å². The zero-order valence-corrected chi connectivity index (χ0v) is 22.2. The van der Waals surface area contributed by atoms with E-state index < -0.39 is 47.9 Å². The minimum atomic E-state index is -1.18. The normalized spacial score (nSPS) is 14.2. The summed E-state index contributed by atoms with van der Waals surface area (Å²) in [6.07, 6.45) is 5.50. The molecule has 14 nitrogen and oxygen atoms in total. The number of thioether (sulfide) groups is 1. The number of aliphatic carboxylic acids is 1. The van der Waals surface area contributed by atoms with Crippen LogP contribution in [0.2, 0.25) is 0 Å². The molecule has 4 unspecified atom stereocenters. The Labute approximate surface area is 220 Å². The summed E-state index contributed by atoms with van der Waals surface area (Å²) in [5.41, 5.74) is 17.2. The number of aromatic amines is 1. The smallest absolute Gasteiger partial charge is 0.326 e. The van der Waals surface area contributed by atoms with Crippen molar-refractivity contribution in [2.75, 3.05) is 18.6 Å². The lowest BCUT2D eigenvalue weighted by Crippen LogP contribution is -2.58. The summed E-state index contributed by atoms with van der Waals surface area (Å²) in [7, 11) is 0. The number of nitrogens with one attached hydrogen (secondary N) is 4. The number of H-pyrrole nitrogens is 1. The molecule has 4 atom stereocenters. The van der Waals surface area contributed by atoms with E-state index in [1.165, 1.54) is 24.3 Å². The number of aliphatic imine (C=N–C) groups is 1. The first-order chi connectivity index (χ1) is 17.5. The molecule has 0 radical (unpaired) electrons. The van der Waals surface area contributed by atoms with E-state index in [1.807, 2.05) is 6.26 Å². The molecule has 11 N–H and O–H groups in total. The van der Waals surface area contributed by atoms with Gasteiger partial charge in [-0.2, -0.15) is 11.8 Å². The van der Waals surface area contributed by atoms with Crippen LogP contribution in [0.25, 0.3) is 0 Å². The van der Waals surface area contributed by atoms with Crippen LogP contribution in [0.15, 0.2) is 17.5 Å². The number of carbonyl (C=O) groups is 4. The van der Waals surface area contributed by atoms with Crippen LogP contribution in [0.4, 0.5) is 0 Å². The lowest BCUT2D eigenvalue weighted by molar-refractivity contribution is -0.142. The van der Waals surface area contributed by atoms with Gasteiger partial charge in [-0.3, -0.25) is 19.4 Å². The lowest BCUT2D eigenvalue weighted by atomic mass is 10.0. The first-order valence-electron chi connectivity index (χ1n) is 11.9. The number of carboxylic acid groups (broad SMARTS) is 1. The number of carbonyl (C=O) groups excluding carboxylic acids is 3. The summed E-state index contributed by atoms with van der Waals surface area (Å²) in [6.45, 7) is 3.78. The Morgan fingerprint density at radius 1 is 1.05 bits per heavy atom. The SMILES string of the molecule is CSCCC(NC(=O)C(Cc1cnc[nH]1)NC(=O)C(CCCN=C(N)N)NC(=O)C(N)C(C)C)C(=O)O. The summed E-state index contributed by atoms with van der Waals surface area (Å²) in [5, 5.41) is 17.3. The second-order valence-electron chi connectivity index (χ2n) is 8.80. The van der Waals surface area contributed by atoms with E-state index in [1.54, 1.807) is 13.8 Å². The van der Waals surface area contributed by atoms with E-state index >= 15 is 0 Å². The van der Waals surface area contributed by atoms with E-state index in [9.17, 15) is 24.3 Å². The second-order valence-corrected chi connectivity index (χ2v) is 9.79. The number of carboxylic acids is 1. The molecule has 1 aromatic rings. The fourth-order valence-electron chi connectivity index (χ4n) is 3.21. The molecule has 1 heterocycles. The molecule has 0 saturated carbocycles. The topological polar surface area (TPSA) is 244 Å². The van der Waals surface area contributed by atoms with Gasteiger partial charge in [-0.05, 0) is 37.2 Å². The minimum Gasteiger partial charge on any atom is -0.480 e. The highest BCUT2D eigenvalue weighted by Gasteiger charge is 2.31. The average molecular weight is 542 g/mol. The zero-order valence-electron chi connectivity index (χ0n) is 21.4. The van der Waals surface area contributed by atoms with Crippen molar-refractivity contribution in [1.82, 2.24) is 25.9 Å². The number of aromatic nitrogens is 2. The summed E-state index contributed by atoms with van der Waals surface area (Å²) >= 11 is 1.45. The van der Waals surface area contributed by atoms with Crippen LogP contribution >= 0.6 is 11.8 Å². The van der Waals surface area contributed by atoms with Gasteiger partial charge in [0.05, 0.1) is 12.4 Å². The van der Waals surface area contributed by atoms with Crippen LogP contribution < -0.4 is 33.2 Å². The fraction of sp³-hybridized carbons (Fsp3) is 0.636. The van der Waals surface area contributed by atoms with Gasteiger partial charge in [-0.1, -0.05) is 13.8 Å². The summed E-state index contributed by atoms with van der Waals surface area (Å²) in [4.78, 5) is 61.2. The van der Waals surface area contributed by atoms with E-state index in [0.29, 0.717) is 17.9 Å². The molecule has 37 heavy (non-hydrogen) atoms. The highest BCUT2D eigenvalue weighted by Crippen LogP contribution is 2.07.